The van der Waals surface area contributed by atoms with Crippen LogP contribution in [-0.2, 0) is 0 Å². The van der Waals surface area contributed by atoms with E-state index in [2.05, 4.69) is 192 Å². The second-order valence-corrected chi connectivity index (χ2v) is 11.6. The highest BCUT2D eigenvalue weighted by Gasteiger charge is 2.18. The van der Waals surface area contributed by atoms with Gasteiger partial charge >= 0.3 is 0 Å². The van der Waals surface area contributed by atoms with E-state index in [0.29, 0.717) is 0 Å². The minimum absolute atomic E-state index is 1.11. The van der Waals surface area contributed by atoms with E-state index in [9.17, 15) is 0 Å². The van der Waals surface area contributed by atoms with E-state index in [1.54, 1.807) is 0 Å². The summed E-state index contributed by atoms with van der Waals surface area (Å²) in [6, 6.07) is 63.3. The molecule has 0 aliphatic carbocycles. The molecule has 0 unspecified atom stereocenters. The van der Waals surface area contributed by atoms with Crippen molar-refractivity contribution in [2.24, 2.45) is 0 Å². The summed E-state index contributed by atoms with van der Waals surface area (Å²) in [5.41, 5.74) is 13.0. The standard InChI is InChI=1S/C43H32N2/c1-31-19-21-33(22-20-31)34-23-25-37(26-24-34)44(38-16-10-13-35(29-38)32-11-4-2-5-12-32)39-27-28-43-41(30-39)40-17-8-9-18-42(40)45(43)36-14-6-3-7-15-36/h2-30H,1H3. The fourth-order valence-electron chi connectivity index (χ4n) is 6.41. The molecule has 0 aliphatic rings. The normalized spacial score (nSPS) is 11.2. The van der Waals surface area contributed by atoms with E-state index in [-0.39, 0.29) is 0 Å². The summed E-state index contributed by atoms with van der Waals surface area (Å²) < 4.78 is 2.37. The molecule has 0 bridgehead atoms. The first-order valence-electron chi connectivity index (χ1n) is 15.4. The second-order valence-electron chi connectivity index (χ2n) is 11.6. The van der Waals surface area contributed by atoms with Crippen molar-refractivity contribution < 1.29 is 0 Å². The molecular weight excluding hydrogens is 544 g/mol. The van der Waals surface area contributed by atoms with Gasteiger partial charge in [-0.2, -0.15) is 0 Å². The first-order chi connectivity index (χ1) is 22.2. The van der Waals surface area contributed by atoms with Crippen LogP contribution >= 0.6 is 0 Å². The van der Waals surface area contributed by atoms with Crippen LogP contribution < -0.4 is 4.90 Å². The first kappa shape index (κ1) is 26.7. The highest BCUT2D eigenvalue weighted by molar-refractivity contribution is 6.10. The molecule has 214 valence electrons. The molecule has 0 atom stereocenters. The van der Waals surface area contributed by atoms with Gasteiger partial charge in [0.15, 0.2) is 0 Å². The third-order valence-corrected chi connectivity index (χ3v) is 8.65. The zero-order valence-corrected chi connectivity index (χ0v) is 25.1. The Kier molecular flexibility index (Phi) is 6.73. The number of nitrogens with zero attached hydrogens (tertiary/aromatic N) is 2. The summed E-state index contributed by atoms with van der Waals surface area (Å²) in [7, 11) is 0. The smallest absolute Gasteiger partial charge is 0.0542 e. The fourth-order valence-corrected chi connectivity index (χ4v) is 6.41. The monoisotopic (exact) mass is 576 g/mol. The maximum absolute atomic E-state index is 2.37. The van der Waals surface area contributed by atoms with E-state index in [1.807, 2.05) is 0 Å². The Morgan fingerprint density at radius 3 is 1.69 bits per heavy atom. The van der Waals surface area contributed by atoms with Gasteiger partial charge in [0.25, 0.3) is 0 Å². The minimum atomic E-state index is 1.11. The summed E-state index contributed by atoms with van der Waals surface area (Å²) in [6.07, 6.45) is 0. The van der Waals surface area contributed by atoms with Crippen molar-refractivity contribution in [3.63, 3.8) is 0 Å². The van der Waals surface area contributed by atoms with Crippen LogP contribution in [0.2, 0.25) is 0 Å². The maximum Gasteiger partial charge on any atom is 0.0542 e. The van der Waals surface area contributed by atoms with Crippen LogP contribution in [0.1, 0.15) is 5.56 Å². The fraction of sp³-hybridized carbons (Fsp3) is 0.0233. The van der Waals surface area contributed by atoms with Gasteiger partial charge in [0.1, 0.15) is 0 Å². The molecule has 2 heteroatoms. The molecule has 1 heterocycles. The molecule has 0 aliphatic heterocycles. The number of anilines is 3. The third kappa shape index (κ3) is 4.97. The zero-order chi connectivity index (χ0) is 30.2. The lowest BCUT2D eigenvalue weighted by atomic mass is 10.0. The Balaban J connectivity index is 1.31. The van der Waals surface area contributed by atoms with Crippen LogP contribution in [-0.4, -0.2) is 4.57 Å². The van der Waals surface area contributed by atoms with Crippen LogP contribution in [0.15, 0.2) is 176 Å². The first-order valence-corrected chi connectivity index (χ1v) is 15.4. The predicted octanol–water partition coefficient (Wildman–Crippen LogP) is 11.9. The molecule has 0 saturated heterocycles. The Morgan fingerprint density at radius 2 is 0.933 bits per heavy atom. The van der Waals surface area contributed by atoms with Gasteiger partial charge in [-0.1, -0.05) is 121 Å². The Hall–Kier alpha value is -5.86. The average molecular weight is 577 g/mol. The summed E-state index contributed by atoms with van der Waals surface area (Å²) in [5, 5.41) is 2.47. The van der Waals surface area contributed by atoms with E-state index in [1.165, 1.54) is 49.6 Å². The number of hydrogen-bond acceptors (Lipinski definition) is 1. The summed E-state index contributed by atoms with van der Waals surface area (Å²) >= 11 is 0. The number of hydrogen-bond donors (Lipinski definition) is 0. The number of aryl methyl sites for hydroxylation is 1. The lowest BCUT2D eigenvalue weighted by molar-refractivity contribution is 1.18. The van der Waals surface area contributed by atoms with Crippen LogP contribution in [0.4, 0.5) is 17.1 Å². The quantitative estimate of drug-likeness (QED) is 0.191. The summed E-state index contributed by atoms with van der Waals surface area (Å²) in [5.74, 6) is 0. The third-order valence-electron chi connectivity index (χ3n) is 8.65. The molecule has 1 aromatic heterocycles. The van der Waals surface area contributed by atoms with E-state index in [4.69, 9.17) is 0 Å². The number of aromatic nitrogens is 1. The molecule has 0 N–H and O–H groups in total. The number of para-hydroxylation sites is 2. The highest BCUT2D eigenvalue weighted by atomic mass is 15.1. The van der Waals surface area contributed by atoms with Gasteiger partial charge in [0.05, 0.1) is 11.0 Å². The van der Waals surface area contributed by atoms with E-state index >= 15 is 0 Å². The number of rotatable bonds is 6. The minimum Gasteiger partial charge on any atom is -0.310 e. The summed E-state index contributed by atoms with van der Waals surface area (Å²) in [6.45, 7) is 2.13. The van der Waals surface area contributed by atoms with Crippen molar-refractivity contribution in [1.82, 2.24) is 4.57 Å². The molecule has 7 aromatic carbocycles. The van der Waals surface area contributed by atoms with Crippen LogP contribution in [0.25, 0.3) is 49.7 Å². The summed E-state index contributed by atoms with van der Waals surface area (Å²) in [4.78, 5) is 2.37. The Morgan fingerprint density at radius 1 is 0.378 bits per heavy atom. The Labute approximate surface area is 264 Å². The van der Waals surface area contributed by atoms with Gasteiger partial charge < -0.3 is 9.47 Å². The lowest BCUT2D eigenvalue weighted by Crippen LogP contribution is -2.10. The second kappa shape index (κ2) is 11.3. The van der Waals surface area contributed by atoms with Gasteiger partial charge in [-0.05, 0) is 89.8 Å². The van der Waals surface area contributed by atoms with Crippen molar-refractivity contribution in [2.75, 3.05) is 4.90 Å². The molecular formula is C43H32N2. The van der Waals surface area contributed by atoms with Gasteiger partial charge in [-0.3, -0.25) is 0 Å². The largest absolute Gasteiger partial charge is 0.310 e. The molecule has 8 rings (SSSR count). The zero-order valence-electron chi connectivity index (χ0n) is 25.1. The van der Waals surface area contributed by atoms with Gasteiger partial charge in [0.2, 0.25) is 0 Å². The van der Waals surface area contributed by atoms with Crippen LogP contribution in [0.5, 0.6) is 0 Å². The molecule has 8 aromatic rings. The highest BCUT2D eigenvalue weighted by Crippen LogP contribution is 2.41. The molecule has 0 fully saturated rings. The lowest BCUT2D eigenvalue weighted by Gasteiger charge is -2.26. The topological polar surface area (TPSA) is 8.17 Å². The van der Waals surface area contributed by atoms with Gasteiger partial charge in [-0.15, -0.1) is 0 Å². The SMILES string of the molecule is Cc1ccc(-c2ccc(N(c3cccc(-c4ccccc4)c3)c3ccc4c(c3)c3ccccc3n4-c3ccccc3)cc2)cc1. The van der Waals surface area contributed by atoms with Crippen LogP contribution in [0.3, 0.4) is 0 Å². The van der Waals surface area contributed by atoms with Crippen molar-refractivity contribution in [2.45, 2.75) is 6.92 Å². The van der Waals surface area contributed by atoms with Crippen molar-refractivity contribution in [1.29, 1.82) is 0 Å². The van der Waals surface area contributed by atoms with Crippen LogP contribution in [0, 0.1) is 6.92 Å². The van der Waals surface area contributed by atoms with Crippen molar-refractivity contribution in [3.8, 4) is 27.9 Å². The number of benzene rings is 7. The van der Waals surface area contributed by atoms with Crippen molar-refractivity contribution >= 4 is 38.9 Å². The molecule has 45 heavy (non-hydrogen) atoms. The molecule has 0 saturated carbocycles. The molecule has 0 radical (unpaired) electrons. The van der Waals surface area contributed by atoms with Gasteiger partial charge in [0, 0.05) is 33.5 Å². The molecule has 2 nitrogen and oxygen atoms in total. The number of fused-ring (bicyclic) bond motifs is 3. The Bertz CT molecular complexity index is 2250. The average Bonchev–Trinajstić information content (AvgIpc) is 3.44. The maximum atomic E-state index is 2.37. The molecule has 0 spiro atoms. The van der Waals surface area contributed by atoms with Gasteiger partial charge in [-0.25, -0.2) is 0 Å². The predicted molar refractivity (Wildman–Crippen MR) is 191 cm³/mol. The van der Waals surface area contributed by atoms with E-state index in [0.717, 1.165) is 22.7 Å². The molecule has 0 amide bonds. The van der Waals surface area contributed by atoms with E-state index < -0.39 is 0 Å². The van der Waals surface area contributed by atoms with Crippen molar-refractivity contribution in [3.05, 3.63) is 181 Å².